The fourth-order valence-corrected chi connectivity index (χ4v) is 1.36. The second-order valence-corrected chi connectivity index (χ2v) is 3.96. The maximum Gasteiger partial charge on any atom is 0.338 e. The second kappa shape index (κ2) is 7.09. The van der Waals surface area contributed by atoms with Crippen LogP contribution in [-0.4, -0.2) is 42.1 Å². The molecule has 0 atom stereocenters. The number of carboxylic acids is 1. The average Bonchev–Trinajstić information content (AvgIpc) is 2.41. The molecule has 0 spiro atoms. The number of carbonyl (C=O) groups excluding carboxylic acids is 1. The zero-order chi connectivity index (χ0) is 15.1. The van der Waals surface area contributed by atoms with E-state index in [0.717, 1.165) is 12.1 Å². The monoisotopic (exact) mass is 280 g/mol. The number of benzene rings is 1. The number of nitrogens with zero attached hydrogens (tertiary/aromatic N) is 2. The van der Waals surface area contributed by atoms with Crippen LogP contribution in [0.2, 0.25) is 0 Å². The van der Waals surface area contributed by atoms with Crippen molar-refractivity contribution >= 4 is 11.9 Å². The van der Waals surface area contributed by atoms with Gasteiger partial charge in [-0.05, 0) is 12.1 Å². The minimum Gasteiger partial charge on any atom is -0.484 e. The van der Waals surface area contributed by atoms with Crippen LogP contribution < -0.4 is 4.74 Å². The molecule has 0 radical (unpaired) electrons. The standard InChI is InChI=1S/C13H13FN2O4/c1-16(6-2-5-15)12(17)8-20-9-3-4-10(13(18)19)11(14)7-9/h3-4,7H,2,6,8H2,1H3,(H,18,19). The zero-order valence-electron chi connectivity index (χ0n) is 10.8. The molecule has 0 unspecified atom stereocenters. The molecule has 0 aliphatic heterocycles. The number of hydrogen-bond acceptors (Lipinski definition) is 4. The van der Waals surface area contributed by atoms with E-state index in [4.69, 9.17) is 15.1 Å². The van der Waals surface area contributed by atoms with Crippen LogP contribution in [0, 0.1) is 17.1 Å². The van der Waals surface area contributed by atoms with Gasteiger partial charge in [0, 0.05) is 19.7 Å². The molecular weight excluding hydrogens is 267 g/mol. The highest BCUT2D eigenvalue weighted by Crippen LogP contribution is 2.16. The van der Waals surface area contributed by atoms with Gasteiger partial charge in [-0.2, -0.15) is 5.26 Å². The van der Waals surface area contributed by atoms with Crippen molar-refractivity contribution in [2.75, 3.05) is 20.2 Å². The van der Waals surface area contributed by atoms with Crippen LogP contribution in [0.1, 0.15) is 16.8 Å². The molecule has 1 aromatic rings. The van der Waals surface area contributed by atoms with Gasteiger partial charge in [-0.3, -0.25) is 4.79 Å². The number of amides is 1. The summed E-state index contributed by atoms with van der Waals surface area (Å²) >= 11 is 0. The maximum absolute atomic E-state index is 13.4. The minimum atomic E-state index is -1.37. The van der Waals surface area contributed by atoms with E-state index in [9.17, 15) is 14.0 Å². The molecule has 0 bridgehead atoms. The predicted octanol–water partition coefficient (Wildman–Crippen LogP) is 1.27. The van der Waals surface area contributed by atoms with E-state index >= 15 is 0 Å². The highest BCUT2D eigenvalue weighted by molar-refractivity contribution is 5.88. The van der Waals surface area contributed by atoms with Crippen LogP contribution in [0.4, 0.5) is 4.39 Å². The molecule has 0 aliphatic carbocycles. The molecule has 1 amide bonds. The van der Waals surface area contributed by atoms with Gasteiger partial charge in [0.1, 0.15) is 11.6 Å². The number of hydrogen-bond donors (Lipinski definition) is 1. The first-order valence-electron chi connectivity index (χ1n) is 5.72. The number of ether oxygens (including phenoxy) is 1. The number of rotatable bonds is 6. The minimum absolute atomic E-state index is 0.0644. The third kappa shape index (κ3) is 4.24. The lowest BCUT2D eigenvalue weighted by Gasteiger charge is -2.15. The lowest BCUT2D eigenvalue weighted by atomic mass is 10.2. The third-order valence-corrected chi connectivity index (χ3v) is 2.52. The summed E-state index contributed by atoms with van der Waals surface area (Å²) in [5.74, 6) is -2.60. The Morgan fingerprint density at radius 2 is 2.20 bits per heavy atom. The number of aromatic carboxylic acids is 1. The number of carboxylic acid groups (broad SMARTS) is 1. The summed E-state index contributed by atoms with van der Waals surface area (Å²) in [5.41, 5.74) is -0.463. The largest absolute Gasteiger partial charge is 0.484 e. The van der Waals surface area contributed by atoms with Crippen molar-refractivity contribution in [2.24, 2.45) is 0 Å². The Morgan fingerprint density at radius 1 is 1.50 bits per heavy atom. The summed E-state index contributed by atoms with van der Waals surface area (Å²) in [6.45, 7) is -0.0290. The van der Waals surface area contributed by atoms with Crippen LogP contribution in [0.15, 0.2) is 18.2 Å². The topological polar surface area (TPSA) is 90.6 Å². The molecule has 0 saturated heterocycles. The Bertz CT molecular complexity index is 554. The zero-order valence-corrected chi connectivity index (χ0v) is 10.8. The number of likely N-dealkylation sites (N-methyl/N-ethyl adjacent to an activating group) is 1. The molecule has 1 rings (SSSR count). The molecule has 0 heterocycles. The van der Waals surface area contributed by atoms with Crippen molar-refractivity contribution in [1.29, 1.82) is 5.26 Å². The summed E-state index contributed by atoms with van der Waals surface area (Å²) in [5, 5.41) is 17.1. The highest BCUT2D eigenvalue weighted by Gasteiger charge is 2.13. The highest BCUT2D eigenvalue weighted by atomic mass is 19.1. The fraction of sp³-hybridized carbons (Fsp3) is 0.308. The Kier molecular flexibility index (Phi) is 5.47. The van der Waals surface area contributed by atoms with Gasteiger partial charge in [-0.15, -0.1) is 0 Å². The van der Waals surface area contributed by atoms with Crippen molar-refractivity contribution in [3.8, 4) is 11.8 Å². The summed E-state index contributed by atoms with van der Waals surface area (Å²) in [7, 11) is 1.52. The van der Waals surface area contributed by atoms with Crippen molar-refractivity contribution in [3.05, 3.63) is 29.6 Å². The van der Waals surface area contributed by atoms with Crippen LogP contribution in [0.5, 0.6) is 5.75 Å². The Labute approximate surface area is 115 Å². The van der Waals surface area contributed by atoms with E-state index in [1.165, 1.54) is 18.0 Å². The quantitative estimate of drug-likeness (QED) is 0.847. The first kappa shape index (κ1) is 15.4. The Hall–Kier alpha value is -2.62. The van der Waals surface area contributed by atoms with E-state index in [1.54, 1.807) is 0 Å². The second-order valence-electron chi connectivity index (χ2n) is 3.96. The van der Waals surface area contributed by atoms with Crippen LogP contribution >= 0.6 is 0 Å². The summed E-state index contributed by atoms with van der Waals surface area (Å²) in [6, 6.07) is 5.16. The summed E-state index contributed by atoms with van der Waals surface area (Å²) in [6.07, 6.45) is 0.212. The van der Waals surface area contributed by atoms with Crippen molar-refractivity contribution in [1.82, 2.24) is 4.90 Å². The normalized spacial score (nSPS) is 9.65. The number of halogens is 1. The molecule has 1 aromatic carbocycles. The fourth-order valence-electron chi connectivity index (χ4n) is 1.36. The van der Waals surface area contributed by atoms with Crippen LogP contribution in [0.3, 0.4) is 0 Å². The van der Waals surface area contributed by atoms with Gasteiger partial charge < -0.3 is 14.7 Å². The van der Waals surface area contributed by atoms with Crippen LogP contribution in [-0.2, 0) is 4.79 Å². The molecule has 0 saturated carbocycles. The lowest BCUT2D eigenvalue weighted by molar-refractivity contribution is -0.132. The van der Waals surface area contributed by atoms with Crippen LogP contribution in [0.25, 0.3) is 0 Å². The molecule has 1 N–H and O–H groups in total. The van der Waals surface area contributed by atoms with E-state index in [2.05, 4.69) is 0 Å². The van der Waals surface area contributed by atoms with E-state index < -0.39 is 17.3 Å². The molecule has 0 aliphatic rings. The Morgan fingerprint density at radius 3 is 2.75 bits per heavy atom. The van der Waals surface area contributed by atoms with Gasteiger partial charge in [0.15, 0.2) is 6.61 Å². The number of nitriles is 1. The maximum atomic E-state index is 13.4. The first-order chi connectivity index (χ1) is 9.45. The van der Waals surface area contributed by atoms with Crippen molar-refractivity contribution in [2.45, 2.75) is 6.42 Å². The van der Waals surface area contributed by atoms with E-state index in [1.807, 2.05) is 6.07 Å². The molecule has 7 heteroatoms. The predicted molar refractivity (Wildman–Crippen MR) is 66.7 cm³/mol. The number of carbonyl (C=O) groups is 2. The van der Waals surface area contributed by atoms with Gasteiger partial charge in [0.2, 0.25) is 0 Å². The molecule has 20 heavy (non-hydrogen) atoms. The molecular formula is C13H13FN2O4. The Balaban J connectivity index is 2.58. The molecule has 0 fully saturated rings. The van der Waals surface area contributed by atoms with Gasteiger partial charge in [0.25, 0.3) is 5.91 Å². The molecule has 0 aromatic heterocycles. The van der Waals surface area contributed by atoms with Crippen molar-refractivity contribution in [3.63, 3.8) is 0 Å². The van der Waals surface area contributed by atoms with Gasteiger partial charge in [-0.25, -0.2) is 9.18 Å². The first-order valence-corrected chi connectivity index (χ1v) is 5.72. The SMILES string of the molecule is CN(CCC#N)C(=O)COc1ccc(C(=O)O)c(F)c1. The smallest absolute Gasteiger partial charge is 0.338 e. The molecule has 106 valence electrons. The van der Waals surface area contributed by atoms with Crippen molar-refractivity contribution < 1.29 is 23.8 Å². The van der Waals surface area contributed by atoms with Gasteiger partial charge in [-0.1, -0.05) is 0 Å². The van der Waals surface area contributed by atoms with Gasteiger partial charge in [0.05, 0.1) is 18.1 Å². The third-order valence-electron chi connectivity index (χ3n) is 2.52. The molecule has 6 nitrogen and oxygen atoms in total. The summed E-state index contributed by atoms with van der Waals surface area (Å²) in [4.78, 5) is 23.5. The van der Waals surface area contributed by atoms with E-state index in [0.29, 0.717) is 0 Å². The average molecular weight is 280 g/mol. The van der Waals surface area contributed by atoms with E-state index in [-0.39, 0.29) is 31.2 Å². The lowest BCUT2D eigenvalue weighted by Crippen LogP contribution is -2.32. The summed E-state index contributed by atoms with van der Waals surface area (Å²) < 4.78 is 18.4. The van der Waals surface area contributed by atoms with Gasteiger partial charge >= 0.3 is 5.97 Å².